The molecule has 20 heavy (non-hydrogen) atoms. The van der Waals surface area contributed by atoms with Crippen molar-refractivity contribution in [1.82, 2.24) is 5.32 Å². The van der Waals surface area contributed by atoms with E-state index in [1.54, 1.807) is 25.1 Å². The molecule has 3 N–H and O–H groups in total. The van der Waals surface area contributed by atoms with Gasteiger partial charge in [0.25, 0.3) is 0 Å². The summed E-state index contributed by atoms with van der Waals surface area (Å²) in [6.07, 6.45) is 0.408. The summed E-state index contributed by atoms with van der Waals surface area (Å²) < 4.78 is 5.30. The van der Waals surface area contributed by atoms with Crippen LogP contribution in [0.15, 0.2) is 18.2 Å². The second-order valence-electron chi connectivity index (χ2n) is 5.55. The van der Waals surface area contributed by atoms with Crippen LogP contribution in [0.3, 0.4) is 0 Å². The Balaban J connectivity index is 2.85. The van der Waals surface area contributed by atoms with E-state index in [-0.39, 0.29) is 5.91 Å². The van der Waals surface area contributed by atoms with Gasteiger partial charge in [-0.1, -0.05) is 6.92 Å². The predicted molar refractivity (Wildman–Crippen MR) is 78.2 cm³/mol. The van der Waals surface area contributed by atoms with Crippen molar-refractivity contribution in [2.45, 2.75) is 46.3 Å². The van der Waals surface area contributed by atoms with Crippen molar-refractivity contribution in [3.05, 3.63) is 29.3 Å². The molecule has 0 saturated carbocycles. The summed E-state index contributed by atoms with van der Waals surface area (Å²) in [5.41, 5.74) is 6.96. The summed E-state index contributed by atoms with van der Waals surface area (Å²) in [6, 6.07) is 4.92. The summed E-state index contributed by atoms with van der Waals surface area (Å²) in [6.45, 7) is 7.50. The zero-order chi connectivity index (χ0) is 15.3. The van der Waals surface area contributed by atoms with Crippen molar-refractivity contribution in [1.29, 1.82) is 0 Å². The zero-order valence-electron chi connectivity index (χ0n) is 12.4. The number of hydrogen-bond acceptors (Lipinski definition) is 4. The van der Waals surface area contributed by atoms with E-state index in [0.29, 0.717) is 29.8 Å². The Bertz CT molecular complexity index is 504. The molecule has 0 fully saturated rings. The Morgan fingerprint density at radius 3 is 2.50 bits per heavy atom. The van der Waals surface area contributed by atoms with Gasteiger partial charge in [-0.3, -0.25) is 4.79 Å². The molecular formula is C15H22N2O3. The molecule has 110 valence electrons. The topological polar surface area (TPSA) is 81.4 Å². The minimum absolute atomic E-state index is 0.0629. The fraction of sp³-hybridized carbons (Fsp3) is 0.467. The molecule has 0 aliphatic rings. The van der Waals surface area contributed by atoms with Crippen LogP contribution in [0.25, 0.3) is 0 Å². The quantitative estimate of drug-likeness (QED) is 0.654. The number of ether oxygens (including phenoxy) is 1. The van der Waals surface area contributed by atoms with Crippen LogP contribution in [0.1, 0.15) is 50.0 Å². The molecule has 0 bridgehead atoms. The van der Waals surface area contributed by atoms with Gasteiger partial charge in [-0.15, -0.1) is 0 Å². The van der Waals surface area contributed by atoms with Gasteiger partial charge in [0.2, 0.25) is 5.91 Å². The highest BCUT2D eigenvalue weighted by Crippen LogP contribution is 2.17. The molecule has 0 aliphatic heterocycles. The number of nitrogens with one attached hydrogen (secondary N) is 1. The van der Waals surface area contributed by atoms with E-state index in [1.165, 1.54) is 0 Å². The molecule has 5 nitrogen and oxygen atoms in total. The Kier molecular flexibility index (Phi) is 5.13. The van der Waals surface area contributed by atoms with Gasteiger partial charge in [-0.25, -0.2) is 4.79 Å². The third-order valence-corrected chi connectivity index (χ3v) is 2.57. The van der Waals surface area contributed by atoms with E-state index >= 15 is 0 Å². The van der Waals surface area contributed by atoms with Crippen molar-refractivity contribution in [3.63, 3.8) is 0 Å². The summed E-state index contributed by atoms with van der Waals surface area (Å²) in [7, 11) is 0. The Morgan fingerprint density at radius 1 is 1.30 bits per heavy atom. The van der Waals surface area contributed by atoms with Crippen LogP contribution in [0.4, 0.5) is 5.69 Å². The number of anilines is 1. The lowest BCUT2D eigenvalue weighted by Gasteiger charge is -2.20. The molecule has 0 saturated heterocycles. The van der Waals surface area contributed by atoms with Crippen molar-refractivity contribution in [2.24, 2.45) is 0 Å². The van der Waals surface area contributed by atoms with Crippen molar-refractivity contribution < 1.29 is 14.3 Å². The van der Waals surface area contributed by atoms with Crippen molar-refractivity contribution >= 4 is 17.6 Å². The summed E-state index contributed by atoms with van der Waals surface area (Å²) in [5, 5.41) is 2.73. The lowest BCUT2D eigenvalue weighted by molar-refractivity contribution is -0.120. The average molecular weight is 278 g/mol. The average Bonchev–Trinajstić information content (AvgIpc) is 2.35. The SMILES string of the molecule is CCC(=O)NCc1cc(C(=O)OC(C)(C)C)ccc1N. The van der Waals surface area contributed by atoms with E-state index in [9.17, 15) is 9.59 Å². The molecule has 1 aromatic carbocycles. The van der Waals surface area contributed by atoms with E-state index in [4.69, 9.17) is 10.5 Å². The molecule has 0 unspecified atom stereocenters. The fourth-order valence-electron chi connectivity index (χ4n) is 1.54. The lowest BCUT2D eigenvalue weighted by atomic mass is 10.1. The molecule has 1 amide bonds. The largest absolute Gasteiger partial charge is 0.456 e. The van der Waals surface area contributed by atoms with Gasteiger partial charge in [0.15, 0.2) is 0 Å². The third-order valence-electron chi connectivity index (χ3n) is 2.57. The van der Waals surface area contributed by atoms with Crippen LogP contribution in [-0.2, 0) is 16.1 Å². The summed E-state index contributed by atoms with van der Waals surface area (Å²) in [4.78, 5) is 23.2. The molecule has 0 spiro atoms. The second-order valence-corrected chi connectivity index (χ2v) is 5.55. The smallest absolute Gasteiger partial charge is 0.338 e. The molecule has 0 atom stereocenters. The minimum Gasteiger partial charge on any atom is -0.456 e. The van der Waals surface area contributed by atoms with Crippen LogP contribution in [0.5, 0.6) is 0 Å². The van der Waals surface area contributed by atoms with Crippen LogP contribution >= 0.6 is 0 Å². The predicted octanol–water partition coefficient (Wildman–Crippen LogP) is 2.25. The molecule has 5 heteroatoms. The highest BCUT2D eigenvalue weighted by atomic mass is 16.6. The molecule has 0 heterocycles. The number of carbonyl (C=O) groups excluding carboxylic acids is 2. The standard InChI is InChI=1S/C15H22N2O3/c1-5-13(18)17-9-11-8-10(6-7-12(11)16)14(19)20-15(2,3)4/h6-8H,5,9,16H2,1-4H3,(H,17,18). The van der Waals surface area contributed by atoms with Gasteiger partial charge in [-0.05, 0) is 44.5 Å². The first kappa shape index (κ1) is 16.0. The fourth-order valence-corrected chi connectivity index (χ4v) is 1.54. The second kappa shape index (κ2) is 6.41. The molecule has 0 aromatic heterocycles. The van der Waals surface area contributed by atoms with Gasteiger partial charge in [0.1, 0.15) is 5.60 Å². The number of nitrogen functional groups attached to an aromatic ring is 1. The highest BCUT2D eigenvalue weighted by molar-refractivity contribution is 5.90. The maximum absolute atomic E-state index is 12.0. The maximum Gasteiger partial charge on any atom is 0.338 e. The third kappa shape index (κ3) is 4.91. The number of benzene rings is 1. The number of hydrogen-bond donors (Lipinski definition) is 2. The van der Waals surface area contributed by atoms with E-state index in [2.05, 4.69) is 5.32 Å². The number of nitrogens with two attached hydrogens (primary N) is 1. The Morgan fingerprint density at radius 2 is 1.95 bits per heavy atom. The molecular weight excluding hydrogens is 256 g/mol. The van der Waals surface area contributed by atoms with Gasteiger partial charge in [0, 0.05) is 18.7 Å². The molecule has 1 rings (SSSR count). The first-order valence-electron chi connectivity index (χ1n) is 6.61. The van der Waals surface area contributed by atoms with Crippen LogP contribution < -0.4 is 11.1 Å². The maximum atomic E-state index is 12.0. The highest BCUT2D eigenvalue weighted by Gasteiger charge is 2.18. The van der Waals surface area contributed by atoms with Gasteiger partial charge >= 0.3 is 5.97 Å². The normalized spacial score (nSPS) is 11.0. The molecule has 0 aliphatic carbocycles. The van der Waals surface area contributed by atoms with Crippen molar-refractivity contribution in [2.75, 3.05) is 5.73 Å². The van der Waals surface area contributed by atoms with Gasteiger partial charge in [-0.2, -0.15) is 0 Å². The van der Waals surface area contributed by atoms with Crippen LogP contribution in [0, 0.1) is 0 Å². The Hall–Kier alpha value is -2.04. The van der Waals surface area contributed by atoms with E-state index in [0.717, 1.165) is 0 Å². The molecule has 1 aromatic rings. The van der Waals surface area contributed by atoms with Gasteiger partial charge < -0.3 is 15.8 Å². The number of rotatable bonds is 4. The lowest BCUT2D eigenvalue weighted by Crippen LogP contribution is -2.25. The van der Waals surface area contributed by atoms with E-state index in [1.807, 2.05) is 20.8 Å². The van der Waals surface area contributed by atoms with Crippen LogP contribution in [0.2, 0.25) is 0 Å². The first-order chi connectivity index (χ1) is 9.23. The number of carbonyl (C=O) groups is 2. The van der Waals surface area contributed by atoms with E-state index < -0.39 is 11.6 Å². The van der Waals surface area contributed by atoms with Crippen molar-refractivity contribution in [3.8, 4) is 0 Å². The first-order valence-corrected chi connectivity index (χ1v) is 6.61. The van der Waals surface area contributed by atoms with Gasteiger partial charge in [0.05, 0.1) is 5.56 Å². The summed E-state index contributed by atoms with van der Waals surface area (Å²) in [5.74, 6) is -0.465. The number of amides is 1. The monoisotopic (exact) mass is 278 g/mol. The Labute approximate surface area is 119 Å². The number of esters is 1. The minimum atomic E-state index is -0.547. The zero-order valence-corrected chi connectivity index (χ0v) is 12.4. The molecule has 0 radical (unpaired) electrons. The van der Waals surface area contributed by atoms with Crippen LogP contribution in [-0.4, -0.2) is 17.5 Å². The summed E-state index contributed by atoms with van der Waals surface area (Å²) >= 11 is 0.